The second-order valence-corrected chi connectivity index (χ2v) is 5.36. The maximum atomic E-state index is 11.9. The molecule has 0 aliphatic heterocycles. The average Bonchev–Trinajstić information content (AvgIpc) is 3.03. The van der Waals surface area contributed by atoms with Crippen LogP contribution in [0.1, 0.15) is 15.9 Å². The highest BCUT2D eigenvalue weighted by Crippen LogP contribution is 2.20. The molecule has 0 unspecified atom stereocenters. The number of benzene rings is 1. The molecule has 0 saturated carbocycles. The van der Waals surface area contributed by atoms with Gasteiger partial charge in [-0.25, -0.2) is 9.78 Å². The molecule has 23 heavy (non-hydrogen) atoms. The number of nitrogens with zero attached hydrogens (tertiary/aromatic N) is 2. The highest BCUT2D eigenvalue weighted by Gasteiger charge is 2.12. The minimum absolute atomic E-state index is 0.0802. The van der Waals surface area contributed by atoms with E-state index in [1.54, 1.807) is 12.3 Å². The molecule has 0 bridgehead atoms. The highest BCUT2D eigenvalue weighted by atomic mass is 35.5. The molecule has 0 aliphatic carbocycles. The van der Waals surface area contributed by atoms with E-state index in [0.29, 0.717) is 5.56 Å². The van der Waals surface area contributed by atoms with Crippen molar-refractivity contribution < 1.29 is 9.63 Å². The topological polar surface area (TPSA) is 93.4 Å². The SMILES string of the molecule is N/C(=N\OC(=O)c1cnc(Cl)c(Cl)c1)c1cccc2[nH]ccc12. The Bertz CT molecular complexity index is 921. The van der Waals surface area contributed by atoms with E-state index in [0.717, 1.165) is 10.9 Å². The maximum Gasteiger partial charge on any atom is 0.367 e. The fourth-order valence-corrected chi connectivity index (χ4v) is 2.30. The van der Waals surface area contributed by atoms with Crippen molar-refractivity contribution in [2.24, 2.45) is 10.9 Å². The predicted molar refractivity (Wildman–Crippen MR) is 88.7 cm³/mol. The lowest BCUT2D eigenvalue weighted by Crippen LogP contribution is -2.15. The minimum atomic E-state index is -0.736. The van der Waals surface area contributed by atoms with Crippen LogP contribution in [0.5, 0.6) is 0 Å². The lowest BCUT2D eigenvalue weighted by Gasteiger charge is -2.03. The van der Waals surface area contributed by atoms with E-state index in [-0.39, 0.29) is 21.6 Å². The molecule has 0 radical (unpaired) electrons. The van der Waals surface area contributed by atoms with Crippen LogP contribution < -0.4 is 5.73 Å². The first-order chi connectivity index (χ1) is 11.1. The van der Waals surface area contributed by atoms with Crippen molar-refractivity contribution in [1.29, 1.82) is 0 Å². The summed E-state index contributed by atoms with van der Waals surface area (Å²) in [5.74, 6) is -0.656. The van der Waals surface area contributed by atoms with E-state index >= 15 is 0 Å². The third-order valence-electron chi connectivity index (χ3n) is 3.13. The van der Waals surface area contributed by atoms with Gasteiger partial charge >= 0.3 is 5.97 Å². The Kier molecular flexibility index (Phi) is 4.18. The van der Waals surface area contributed by atoms with Gasteiger partial charge in [0, 0.05) is 28.9 Å². The third-order valence-corrected chi connectivity index (χ3v) is 3.82. The zero-order valence-electron chi connectivity index (χ0n) is 11.6. The number of H-pyrrole nitrogens is 1. The number of hydrogen-bond donors (Lipinski definition) is 2. The van der Waals surface area contributed by atoms with E-state index in [9.17, 15) is 4.79 Å². The van der Waals surface area contributed by atoms with Crippen LogP contribution in [0.25, 0.3) is 10.9 Å². The van der Waals surface area contributed by atoms with Crippen LogP contribution in [-0.2, 0) is 4.84 Å². The summed E-state index contributed by atoms with van der Waals surface area (Å²) in [6, 6.07) is 8.71. The van der Waals surface area contributed by atoms with Crippen LogP contribution in [0.2, 0.25) is 10.2 Å². The standard InChI is InChI=1S/C15H10Cl2N4O2/c16-11-6-8(7-20-13(11)17)15(22)23-21-14(18)10-2-1-3-12-9(10)4-5-19-12/h1-7,19H,(H2,18,21). The molecule has 116 valence electrons. The molecule has 2 heterocycles. The fourth-order valence-electron chi connectivity index (χ4n) is 2.03. The van der Waals surface area contributed by atoms with Crippen LogP contribution >= 0.6 is 23.2 Å². The van der Waals surface area contributed by atoms with Gasteiger partial charge in [0.1, 0.15) is 5.15 Å². The van der Waals surface area contributed by atoms with Crippen molar-refractivity contribution in [2.45, 2.75) is 0 Å². The number of hydrogen-bond acceptors (Lipinski definition) is 4. The second-order valence-electron chi connectivity index (χ2n) is 4.60. The summed E-state index contributed by atoms with van der Waals surface area (Å²) in [6.45, 7) is 0. The molecule has 0 aliphatic rings. The zero-order valence-corrected chi connectivity index (χ0v) is 13.1. The van der Waals surface area contributed by atoms with E-state index < -0.39 is 5.97 Å². The summed E-state index contributed by atoms with van der Waals surface area (Å²) in [5, 5.41) is 4.81. The van der Waals surface area contributed by atoms with Crippen molar-refractivity contribution in [3.8, 4) is 0 Å². The Morgan fingerprint density at radius 3 is 2.91 bits per heavy atom. The number of aromatic amines is 1. The predicted octanol–water partition coefficient (Wildman–Crippen LogP) is 3.35. The summed E-state index contributed by atoms with van der Waals surface area (Å²) in [6.07, 6.45) is 3.03. The first kappa shape index (κ1) is 15.3. The van der Waals surface area contributed by atoms with Crippen molar-refractivity contribution in [3.63, 3.8) is 0 Å². The van der Waals surface area contributed by atoms with Crippen LogP contribution in [0.15, 0.2) is 47.9 Å². The number of halogens is 2. The van der Waals surface area contributed by atoms with Crippen LogP contribution in [0.3, 0.4) is 0 Å². The van der Waals surface area contributed by atoms with Crippen molar-refractivity contribution in [3.05, 3.63) is 64.0 Å². The summed E-state index contributed by atoms with van der Waals surface area (Å²) >= 11 is 11.5. The Hall–Kier alpha value is -2.57. The van der Waals surface area contributed by atoms with E-state index in [1.165, 1.54) is 12.3 Å². The van der Waals surface area contributed by atoms with Crippen LogP contribution in [0, 0.1) is 0 Å². The number of nitrogens with two attached hydrogens (primary N) is 1. The number of carbonyl (C=O) groups is 1. The number of rotatable bonds is 3. The number of amidine groups is 1. The zero-order chi connectivity index (χ0) is 16.4. The molecule has 3 rings (SSSR count). The number of pyridine rings is 1. The van der Waals surface area contributed by atoms with Gasteiger partial charge in [0.25, 0.3) is 0 Å². The lowest BCUT2D eigenvalue weighted by atomic mass is 10.1. The van der Waals surface area contributed by atoms with E-state index in [1.807, 2.05) is 18.2 Å². The van der Waals surface area contributed by atoms with Gasteiger partial charge in [0.05, 0.1) is 10.6 Å². The van der Waals surface area contributed by atoms with Gasteiger partial charge in [-0.1, -0.05) is 40.5 Å². The molecule has 3 N–H and O–H groups in total. The Morgan fingerprint density at radius 1 is 1.30 bits per heavy atom. The monoisotopic (exact) mass is 348 g/mol. The van der Waals surface area contributed by atoms with Gasteiger partial charge in [-0.3, -0.25) is 0 Å². The van der Waals surface area contributed by atoms with Crippen molar-refractivity contribution in [1.82, 2.24) is 9.97 Å². The lowest BCUT2D eigenvalue weighted by molar-refractivity contribution is 0.0515. The number of aromatic nitrogens is 2. The maximum absolute atomic E-state index is 11.9. The molecule has 0 fully saturated rings. The normalized spacial score (nSPS) is 11.7. The smallest absolute Gasteiger partial charge is 0.367 e. The Morgan fingerprint density at radius 2 is 2.13 bits per heavy atom. The van der Waals surface area contributed by atoms with Crippen molar-refractivity contribution >= 4 is 45.9 Å². The van der Waals surface area contributed by atoms with Gasteiger partial charge in [-0.15, -0.1) is 0 Å². The number of nitrogens with one attached hydrogen (secondary N) is 1. The summed E-state index contributed by atoms with van der Waals surface area (Å²) in [7, 11) is 0. The molecule has 1 aromatic carbocycles. The van der Waals surface area contributed by atoms with Crippen molar-refractivity contribution in [2.75, 3.05) is 0 Å². The van der Waals surface area contributed by atoms with Gasteiger partial charge in [0.2, 0.25) is 0 Å². The van der Waals surface area contributed by atoms with Gasteiger partial charge in [-0.2, -0.15) is 0 Å². The summed E-state index contributed by atoms with van der Waals surface area (Å²) < 4.78 is 0. The molecule has 6 nitrogen and oxygen atoms in total. The minimum Gasteiger partial charge on any atom is -0.380 e. The first-order valence-corrected chi connectivity index (χ1v) is 7.24. The molecular formula is C15H10Cl2N4O2. The highest BCUT2D eigenvalue weighted by molar-refractivity contribution is 6.41. The number of fused-ring (bicyclic) bond motifs is 1. The molecule has 8 heteroatoms. The van der Waals surface area contributed by atoms with Gasteiger partial charge in [-0.05, 0) is 18.2 Å². The molecule has 3 aromatic rings. The summed E-state index contributed by atoms with van der Waals surface area (Å²) in [4.78, 5) is 23.6. The number of oxime groups is 1. The van der Waals surface area contributed by atoms with Crippen LogP contribution in [0.4, 0.5) is 0 Å². The largest absolute Gasteiger partial charge is 0.380 e. The Balaban J connectivity index is 1.83. The van der Waals surface area contributed by atoms with Crippen LogP contribution in [-0.4, -0.2) is 21.8 Å². The molecule has 0 spiro atoms. The van der Waals surface area contributed by atoms with E-state index in [4.69, 9.17) is 33.8 Å². The molecule has 0 atom stereocenters. The quantitative estimate of drug-likeness (QED) is 0.249. The second kappa shape index (κ2) is 6.28. The molecule has 0 amide bonds. The molecular weight excluding hydrogens is 339 g/mol. The third kappa shape index (κ3) is 3.13. The first-order valence-electron chi connectivity index (χ1n) is 6.48. The molecule has 0 saturated heterocycles. The molecule has 2 aromatic heterocycles. The fraction of sp³-hybridized carbons (Fsp3) is 0. The van der Waals surface area contributed by atoms with E-state index in [2.05, 4.69) is 15.1 Å². The van der Waals surface area contributed by atoms with Gasteiger partial charge in [0.15, 0.2) is 5.84 Å². The number of carbonyl (C=O) groups excluding carboxylic acids is 1. The summed E-state index contributed by atoms with van der Waals surface area (Å²) in [5.41, 5.74) is 7.58. The average molecular weight is 349 g/mol. The van der Waals surface area contributed by atoms with Gasteiger partial charge < -0.3 is 15.6 Å². The Labute approximate surface area is 140 Å².